The number of nitrogens with zero attached hydrogens (tertiary/aromatic N) is 1. The molecule has 0 aromatic heterocycles. The standard InChI is InChI=1S/C15H23N3O/c1-12(16-2)15(19)13-4-6-14(7-5-13)18-10-3-8-17-9-11-18/h4-7,12,16-17H,3,8-11H2,1-2H3. The molecule has 0 saturated carbocycles. The molecule has 0 bridgehead atoms. The second-order valence-electron chi connectivity index (χ2n) is 5.01. The molecule has 104 valence electrons. The molecule has 1 aliphatic heterocycles. The predicted octanol–water partition coefficient (Wildman–Crippen LogP) is 1.28. The third kappa shape index (κ3) is 3.55. The van der Waals surface area contributed by atoms with Crippen LogP contribution in [0.3, 0.4) is 0 Å². The highest BCUT2D eigenvalue weighted by molar-refractivity contribution is 6.00. The summed E-state index contributed by atoms with van der Waals surface area (Å²) < 4.78 is 0. The van der Waals surface area contributed by atoms with Crippen molar-refractivity contribution in [1.82, 2.24) is 10.6 Å². The van der Waals surface area contributed by atoms with Gasteiger partial charge in [-0.25, -0.2) is 0 Å². The highest BCUT2D eigenvalue weighted by Crippen LogP contribution is 2.17. The van der Waals surface area contributed by atoms with Crippen molar-refractivity contribution >= 4 is 11.5 Å². The normalized spacial score (nSPS) is 17.9. The molecule has 4 heteroatoms. The summed E-state index contributed by atoms with van der Waals surface area (Å²) >= 11 is 0. The van der Waals surface area contributed by atoms with E-state index in [0.29, 0.717) is 0 Å². The van der Waals surface area contributed by atoms with Crippen LogP contribution in [-0.4, -0.2) is 45.1 Å². The van der Waals surface area contributed by atoms with Gasteiger partial charge in [0.05, 0.1) is 6.04 Å². The van der Waals surface area contributed by atoms with Crippen LogP contribution in [0.15, 0.2) is 24.3 Å². The number of anilines is 1. The van der Waals surface area contributed by atoms with Crippen molar-refractivity contribution in [2.24, 2.45) is 0 Å². The van der Waals surface area contributed by atoms with Gasteiger partial charge < -0.3 is 15.5 Å². The molecule has 1 saturated heterocycles. The van der Waals surface area contributed by atoms with E-state index in [-0.39, 0.29) is 11.8 Å². The molecule has 1 aliphatic rings. The summed E-state index contributed by atoms with van der Waals surface area (Å²) in [6.07, 6.45) is 1.16. The SMILES string of the molecule is CNC(C)C(=O)c1ccc(N2CCCNCC2)cc1. The number of hydrogen-bond acceptors (Lipinski definition) is 4. The molecule has 19 heavy (non-hydrogen) atoms. The van der Waals surface area contributed by atoms with Gasteiger partial charge in [-0.05, 0) is 51.2 Å². The summed E-state index contributed by atoms with van der Waals surface area (Å²) in [6, 6.07) is 7.85. The third-order valence-corrected chi connectivity index (χ3v) is 3.68. The average molecular weight is 261 g/mol. The van der Waals surface area contributed by atoms with E-state index in [1.165, 1.54) is 5.69 Å². The van der Waals surface area contributed by atoms with Crippen molar-refractivity contribution in [2.75, 3.05) is 38.1 Å². The number of ketones is 1. The smallest absolute Gasteiger partial charge is 0.179 e. The van der Waals surface area contributed by atoms with Gasteiger partial charge in [-0.2, -0.15) is 0 Å². The zero-order valence-electron chi connectivity index (χ0n) is 11.8. The third-order valence-electron chi connectivity index (χ3n) is 3.68. The fourth-order valence-corrected chi connectivity index (χ4v) is 2.32. The summed E-state index contributed by atoms with van der Waals surface area (Å²) in [6.45, 7) is 6.11. The Morgan fingerprint density at radius 2 is 2.00 bits per heavy atom. The number of carbonyl (C=O) groups is 1. The first kappa shape index (κ1) is 14.0. The second-order valence-corrected chi connectivity index (χ2v) is 5.01. The first-order valence-electron chi connectivity index (χ1n) is 6.99. The van der Waals surface area contributed by atoms with E-state index in [4.69, 9.17) is 0 Å². The Kier molecular flexibility index (Phi) is 4.93. The van der Waals surface area contributed by atoms with Crippen LogP contribution < -0.4 is 15.5 Å². The van der Waals surface area contributed by atoms with E-state index >= 15 is 0 Å². The summed E-state index contributed by atoms with van der Waals surface area (Å²) in [5, 5.41) is 6.38. The quantitative estimate of drug-likeness (QED) is 0.801. The Morgan fingerprint density at radius 3 is 2.68 bits per heavy atom. The fraction of sp³-hybridized carbons (Fsp3) is 0.533. The molecule has 0 spiro atoms. The van der Waals surface area contributed by atoms with Crippen molar-refractivity contribution in [3.8, 4) is 0 Å². The van der Waals surface area contributed by atoms with Gasteiger partial charge in [-0.1, -0.05) is 0 Å². The summed E-state index contributed by atoms with van der Waals surface area (Å²) in [7, 11) is 1.81. The lowest BCUT2D eigenvalue weighted by molar-refractivity contribution is 0.0955. The maximum Gasteiger partial charge on any atom is 0.179 e. The number of nitrogens with one attached hydrogen (secondary N) is 2. The van der Waals surface area contributed by atoms with Crippen LogP contribution in [0.1, 0.15) is 23.7 Å². The predicted molar refractivity (Wildman–Crippen MR) is 79.0 cm³/mol. The number of rotatable bonds is 4. The molecule has 1 atom stereocenters. The molecule has 1 heterocycles. The van der Waals surface area contributed by atoms with Crippen LogP contribution in [0.4, 0.5) is 5.69 Å². The molecule has 2 N–H and O–H groups in total. The van der Waals surface area contributed by atoms with Gasteiger partial charge in [0.1, 0.15) is 0 Å². The first-order chi connectivity index (χ1) is 9.22. The Hall–Kier alpha value is -1.39. The molecule has 4 nitrogen and oxygen atoms in total. The second kappa shape index (κ2) is 6.68. The molecule has 0 amide bonds. The van der Waals surface area contributed by atoms with E-state index in [2.05, 4.69) is 27.7 Å². The molecule has 1 aromatic rings. The lowest BCUT2D eigenvalue weighted by atomic mass is 10.0. The van der Waals surface area contributed by atoms with Gasteiger partial charge in [0.2, 0.25) is 0 Å². The van der Waals surface area contributed by atoms with Crippen molar-refractivity contribution in [2.45, 2.75) is 19.4 Å². The molecule has 1 unspecified atom stereocenters. The number of likely N-dealkylation sites (N-methyl/N-ethyl adjacent to an activating group) is 1. The first-order valence-corrected chi connectivity index (χ1v) is 6.99. The van der Waals surface area contributed by atoms with E-state index in [1.807, 2.05) is 19.1 Å². The minimum atomic E-state index is -0.131. The van der Waals surface area contributed by atoms with E-state index in [0.717, 1.165) is 38.2 Å². The zero-order valence-corrected chi connectivity index (χ0v) is 11.8. The molecule has 1 fully saturated rings. The Balaban J connectivity index is 2.07. The van der Waals surface area contributed by atoms with Gasteiger partial charge in [-0.3, -0.25) is 4.79 Å². The summed E-state index contributed by atoms with van der Waals surface area (Å²) in [4.78, 5) is 14.4. The van der Waals surface area contributed by atoms with Crippen molar-refractivity contribution in [3.05, 3.63) is 29.8 Å². The molecule has 0 aliphatic carbocycles. The topological polar surface area (TPSA) is 44.4 Å². The van der Waals surface area contributed by atoms with Crippen molar-refractivity contribution in [1.29, 1.82) is 0 Å². The highest BCUT2D eigenvalue weighted by atomic mass is 16.1. The van der Waals surface area contributed by atoms with Gasteiger partial charge in [-0.15, -0.1) is 0 Å². The molecular formula is C15H23N3O. The molecule has 2 rings (SSSR count). The average Bonchev–Trinajstić information content (AvgIpc) is 2.75. The Morgan fingerprint density at radius 1 is 1.26 bits per heavy atom. The lowest BCUT2D eigenvalue weighted by Gasteiger charge is -2.22. The van der Waals surface area contributed by atoms with Crippen molar-refractivity contribution < 1.29 is 4.79 Å². The molecule has 0 radical (unpaired) electrons. The zero-order chi connectivity index (χ0) is 13.7. The van der Waals surface area contributed by atoms with Crippen LogP contribution in [0.5, 0.6) is 0 Å². The van der Waals surface area contributed by atoms with E-state index in [1.54, 1.807) is 7.05 Å². The van der Waals surface area contributed by atoms with E-state index < -0.39 is 0 Å². The van der Waals surface area contributed by atoms with Gasteiger partial charge in [0, 0.05) is 30.9 Å². The molecular weight excluding hydrogens is 238 g/mol. The summed E-state index contributed by atoms with van der Waals surface area (Å²) in [5.74, 6) is 0.145. The van der Waals surface area contributed by atoms with E-state index in [9.17, 15) is 4.79 Å². The van der Waals surface area contributed by atoms with Gasteiger partial charge >= 0.3 is 0 Å². The minimum absolute atomic E-state index is 0.131. The van der Waals surface area contributed by atoms with Crippen LogP contribution in [0.25, 0.3) is 0 Å². The number of carbonyl (C=O) groups excluding carboxylic acids is 1. The monoisotopic (exact) mass is 261 g/mol. The number of Topliss-reactive ketones (excluding diaryl/α,β-unsaturated/α-hetero) is 1. The minimum Gasteiger partial charge on any atom is -0.370 e. The van der Waals surface area contributed by atoms with Crippen LogP contribution in [-0.2, 0) is 0 Å². The Labute approximate surface area is 115 Å². The Bertz CT molecular complexity index is 408. The highest BCUT2D eigenvalue weighted by Gasteiger charge is 2.14. The summed E-state index contributed by atoms with van der Waals surface area (Å²) in [5.41, 5.74) is 1.98. The van der Waals surface area contributed by atoms with Crippen LogP contribution in [0.2, 0.25) is 0 Å². The lowest BCUT2D eigenvalue weighted by Crippen LogP contribution is -2.31. The molecule has 1 aromatic carbocycles. The number of hydrogen-bond donors (Lipinski definition) is 2. The maximum absolute atomic E-state index is 12.0. The van der Waals surface area contributed by atoms with Crippen LogP contribution in [0, 0.1) is 0 Å². The fourth-order valence-electron chi connectivity index (χ4n) is 2.32. The van der Waals surface area contributed by atoms with Crippen molar-refractivity contribution in [3.63, 3.8) is 0 Å². The maximum atomic E-state index is 12.0. The van der Waals surface area contributed by atoms with Gasteiger partial charge in [0.25, 0.3) is 0 Å². The largest absolute Gasteiger partial charge is 0.370 e. The van der Waals surface area contributed by atoms with Gasteiger partial charge in [0.15, 0.2) is 5.78 Å². The number of benzene rings is 1. The van der Waals surface area contributed by atoms with Crippen LogP contribution >= 0.6 is 0 Å².